The molecule has 1 aliphatic carbocycles. The van der Waals surface area contributed by atoms with Gasteiger partial charge in [-0.3, -0.25) is 0 Å². The van der Waals surface area contributed by atoms with Crippen molar-refractivity contribution in [3.05, 3.63) is 0 Å². The van der Waals surface area contributed by atoms with E-state index in [2.05, 4.69) is 16.6 Å². The van der Waals surface area contributed by atoms with Crippen LogP contribution in [0.4, 0.5) is 4.79 Å². The van der Waals surface area contributed by atoms with Crippen LogP contribution in [0.1, 0.15) is 26.2 Å². The number of aliphatic carboxylic acids is 1. The summed E-state index contributed by atoms with van der Waals surface area (Å²) in [6, 6.07) is -0.932. The van der Waals surface area contributed by atoms with E-state index in [9.17, 15) is 9.59 Å². The van der Waals surface area contributed by atoms with E-state index >= 15 is 0 Å². The van der Waals surface area contributed by atoms with Gasteiger partial charge in [0.2, 0.25) is 0 Å². The van der Waals surface area contributed by atoms with Gasteiger partial charge in [-0.1, -0.05) is 5.92 Å². The Balaban J connectivity index is 2.50. The summed E-state index contributed by atoms with van der Waals surface area (Å²) in [5.41, 5.74) is -1.08. The minimum absolute atomic E-state index is 0.407. The number of urea groups is 1. The second kappa shape index (κ2) is 4.22. The molecular weight excluding hydrogens is 196 g/mol. The molecule has 82 valence electrons. The van der Waals surface area contributed by atoms with Gasteiger partial charge in [0.25, 0.3) is 0 Å². The molecule has 0 aromatic heterocycles. The van der Waals surface area contributed by atoms with Crippen LogP contribution in [0, 0.1) is 12.3 Å². The van der Waals surface area contributed by atoms with Crippen LogP contribution in [0.5, 0.6) is 0 Å². The summed E-state index contributed by atoms with van der Waals surface area (Å²) in [4.78, 5) is 22.3. The Morgan fingerprint density at radius 2 is 2.13 bits per heavy atom. The Hall–Kier alpha value is -1.70. The predicted molar refractivity (Wildman–Crippen MR) is 54.2 cm³/mol. The molecule has 0 bridgehead atoms. The third-order valence-corrected chi connectivity index (χ3v) is 2.57. The molecule has 0 aromatic rings. The maximum atomic E-state index is 11.3. The van der Waals surface area contributed by atoms with E-state index in [0.717, 1.165) is 6.42 Å². The zero-order valence-electron chi connectivity index (χ0n) is 8.54. The topological polar surface area (TPSA) is 78.4 Å². The van der Waals surface area contributed by atoms with Gasteiger partial charge in [-0.15, -0.1) is 6.42 Å². The summed E-state index contributed by atoms with van der Waals surface area (Å²) in [7, 11) is 0. The van der Waals surface area contributed by atoms with Crippen LogP contribution in [0.3, 0.4) is 0 Å². The standard InChI is InChI=1S/C10H14N2O3/c1-3-7(2)11-9(15)12-10(8(13)14)5-4-6-10/h1,7H,4-6H2,2H3,(H,13,14)(H2,11,12,15). The number of carboxylic acid groups (broad SMARTS) is 1. The SMILES string of the molecule is C#CC(C)NC(=O)NC1(C(=O)O)CCC1. The molecule has 1 fully saturated rings. The Kier molecular flexibility index (Phi) is 3.20. The summed E-state index contributed by atoms with van der Waals surface area (Å²) in [5, 5.41) is 13.8. The third kappa shape index (κ3) is 2.40. The van der Waals surface area contributed by atoms with Crippen molar-refractivity contribution in [1.29, 1.82) is 0 Å². The molecule has 1 atom stereocenters. The molecule has 2 amide bonds. The van der Waals surface area contributed by atoms with E-state index in [4.69, 9.17) is 11.5 Å². The quantitative estimate of drug-likeness (QED) is 0.587. The molecule has 15 heavy (non-hydrogen) atoms. The zero-order valence-corrected chi connectivity index (χ0v) is 8.54. The summed E-state index contributed by atoms with van der Waals surface area (Å²) in [5.74, 6) is 1.34. The van der Waals surface area contributed by atoms with E-state index in [0.29, 0.717) is 12.8 Å². The minimum atomic E-state index is -1.08. The van der Waals surface area contributed by atoms with Gasteiger partial charge in [-0.2, -0.15) is 0 Å². The maximum absolute atomic E-state index is 11.3. The number of carbonyl (C=O) groups is 2. The second-order valence-electron chi connectivity index (χ2n) is 3.73. The highest BCUT2D eigenvalue weighted by Crippen LogP contribution is 2.31. The number of nitrogens with one attached hydrogen (secondary N) is 2. The average molecular weight is 210 g/mol. The predicted octanol–water partition coefficient (Wildman–Crippen LogP) is 0.315. The van der Waals surface area contributed by atoms with Gasteiger partial charge in [0.1, 0.15) is 5.54 Å². The Morgan fingerprint density at radius 3 is 2.47 bits per heavy atom. The summed E-state index contributed by atoms with van der Waals surface area (Å²) in [6.45, 7) is 1.65. The fourth-order valence-electron chi connectivity index (χ4n) is 1.41. The number of rotatable bonds is 3. The van der Waals surface area contributed by atoms with E-state index in [-0.39, 0.29) is 0 Å². The molecule has 5 heteroatoms. The van der Waals surface area contributed by atoms with Crippen LogP contribution in [-0.4, -0.2) is 28.7 Å². The van der Waals surface area contributed by atoms with Gasteiger partial charge < -0.3 is 15.7 Å². The van der Waals surface area contributed by atoms with Crippen molar-refractivity contribution in [2.75, 3.05) is 0 Å². The van der Waals surface area contributed by atoms with Crippen LogP contribution in [0.15, 0.2) is 0 Å². The normalized spacial score (nSPS) is 19.2. The van der Waals surface area contributed by atoms with E-state index in [1.54, 1.807) is 6.92 Å². The molecule has 1 aliphatic rings. The average Bonchev–Trinajstić information content (AvgIpc) is 2.10. The molecule has 1 unspecified atom stereocenters. The first-order valence-corrected chi connectivity index (χ1v) is 4.78. The van der Waals surface area contributed by atoms with Gasteiger partial charge in [0, 0.05) is 0 Å². The number of amides is 2. The van der Waals surface area contributed by atoms with Crippen molar-refractivity contribution in [3.8, 4) is 12.3 Å². The highest BCUT2D eigenvalue weighted by atomic mass is 16.4. The zero-order chi connectivity index (χ0) is 11.5. The molecule has 3 N–H and O–H groups in total. The summed E-state index contributed by atoms with van der Waals surface area (Å²) < 4.78 is 0. The van der Waals surface area contributed by atoms with Crippen molar-refractivity contribution < 1.29 is 14.7 Å². The molecule has 0 spiro atoms. The summed E-state index contributed by atoms with van der Waals surface area (Å²) in [6.07, 6.45) is 6.84. The van der Waals surface area contributed by atoms with Crippen LogP contribution in [0.2, 0.25) is 0 Å². The van der Waals surface area contributed by atoms with Crippen molar-refractivity contribution in [2.45, 2.75) is 37.8 Å². The maximum Gasteiger partial charge on any atom is 0.329 e. The first-order valence-electron chi connectivity index (χ1n) is 4.78. The number of hydrogen-bond acceptors (Lipinski definition) is 2. The van der Waals surface area contributed by atoms with Crippen molar-refractivity contribution >= 4 is 12.0 Å². The Bertz CT molecular complexity index is 315. The highest BCUT2D eigenvalue weighted by Gasteiger charge is 2.45. The van der Waals surface area contributed by atoms with Gasteiger partial charge >= 0.3 is 12.0 Å². The molecule has 0 radical (unpaired) electrons. The van der Waals surface area contributed by atoms with Crippen molar-refractivity contribution in [3.63, 3.8) is 0 Å². The minimum Gasteiger partial charge on any atom is -0.480 e. The Morgan fingerprint density at radius 1 is 1.53 bits per heavy atom. The number of hydrogen-bond donors (Lipinski definition) is 3. The first-order chi connectivity index (χ1) is 7.00. The van der Waals surface area contributed by atoms with Gasteiger partial charge in [-0.25, -0.2) is 9.59 Å². The third-order valence-electron chi connectivity index (χ3n) is 2.57. The van der Waals surface area contributed by atoms with E-state index in [1.807, 2.05) is 0 Å². The van der Waals surface area contributed by atoms with Gasteiger partial charge in [0.15, 0.2) is 0 Å². The van der Waals surface area contributed by atoms with Crippen LogP contribution < -0.4 is 10.6 Å². The molecule has 1 rings (SSSR count). The van der Waals surface area contributed by atoms with Crippen LogP contribution in [0.25, 0.3) is 0 Å². The Labute approximate surface area is 88.2 Å². The molecule has 0 aliphatic heterocycles. The molecule has 0 aromatic carbocycles. The molecule has 1 saturated carbocycles. The second-order valence-corrected chi connectivity index (χ2v) is 3.73. The fraction of sp³-hybridized carbons (Fsp3) is 0.600. The summed E-state index contributed by atoms with van der Waals surface area (Å²) >= 11 is 0. The van der Waals surface area contributed by atoms with Crippen molar-refractivity contribution in [2.24, 2.45) is 0 Å². The monoisotopic (exact) mass is 210 g/mol. The lowest BCUT2D eigenvalue weighted by Crippen LogP contribution is -2.61. The largest absolute Gasteiger partial charge is 0.480 e. The van der Waals surface area contributed by atoms with E-state index < -0.39 is 23.6 Å². The van der Waals surface area contributed by atoms with Crippen molar-refractivity contribution in [1.82, 2.24) is 10.6 Å². The molecule has 0 heterocycles. The van der Waals surface area contributed by atoms with Crippen LogP contribution in [-0.2, 0) is 4.79 Å². The number of carbonyl (C=O) groups excluding carboxylic acids is 1. The lowest BCUT2D eigenvalue weighted by Gasteiger charge is -2.38. The molecule has 0 saturated heterocycles. The smallest absolute Gasteiger partial charge is 0.329 e. The molecule has 5 nitrogen and oxygen atoms in total. The number of carboxylic acids is 1. The van der Waals surface area contributed by atoms with Gasteiger partial charge in [0.05, 0.1) is 6.04 Å². The van der Waals surface area contributed by atoms with Gasteiger partial charge in [-0.05, 0) is 26.2 Å². The fourth-order valence-corrected chi connectivity index (χ4v) is 1.41. The molecular formula is C10H14N2O3. The van der Waals surface area contributed by atoms with Crippen LogP contribution >= 0.6 is 0 Å². The number of terminal acetylenes is 1. The highest BCUT2D eigenvalue weighted by molar-refractivity contribution is 5.87. The van der Waals surface area contributed by atoms with E-state index in [1.165, 1.54) is 0 Å². The lowest BCUT2D eigenvalue weighted by molar-refractivity contribution is -0.148. The lowest BCUT2D eigenvalue weighted by atomic mass is 9.77. The first kappa shape index (κ1) is 11.4.